The minimum absolute atomic E-state index is 0.234. The van der Waals surface area contributed by atoms with Gasteiger partial charge in [-0.25, -0.2) is 8.78 Å². The van der Waals surface area contributed by atoms with Gasteiger partial charge in [-0.2, -0.15) is 18.4 Å². The molecule has 8 nitrogen and oxygen atoms in total. The topological polar surface area (TPSA) is 114 Å². The van der Waals surface area contributed by atoms with Gasteiger partial charge >= 0.3 is 6.18 Å². The minimum Gasteiger partial charge on any atom is -0.400 e. The molecule has 1 saturated carbocycles. The van der Waals surface area contributed by atoms with E-state index >= 15 is 4.39 Å². The maximum Gasteiger partial charge on any atom is 0.420 e. The zero-order chi connectivity index (χ0) is 33.0. The van der Waals surface area contributed by atoms with E-state index in [0.29, 0.717) is 37.7 Å². The summed E-state index contributed by atoms with van der Waals surface area (Å²) < 4.78 is 70.5. The fourth-order valence-corrected chi connectivity index (χ4v) is 5.01. The first-order valence-corrected chi connectivity index (χ1v) is 13.5. The highest BCUT2D eigenvalue weighted by atomic mass is 32.1. The molecule has 2 amide bonds. The third-order valence-corrected chi connectivity index (χ3v) is 6.94. The van der Waals surface area contributed by atoms with Crippen LogP contribution in [0.1, 0.15) is 62.6 Å². The van der Waals surface area contributed by atoms with Gasteiger partial charge in [-0.3, -0.25) is 14.5 Å². The van der Waals surface area contributed by atoms with Crippen LogP contribution >= 0.6 is 12.2 Å². The number of alkyl halides is 3. The first-order chi connectivity index (χ1) is 20.4. The number of anilines is 2. The number of carbonyl (C=O) groups is 3. The molecule has 234 valence electrons. The van der Waals surface area contributed by atoms with Crippen LogP contribution in [0.2, 0.25) is 0 Å². The van der Waals surface area contributed by atoms with Gasteiger partial charge in [-0.15, -0.1) is 0 Å². The van der Waals surface area contributed by atoms with Gasteiger partial charge < -0.3 is 20.1 Å². The maximum atomic E-state index is 15.2. The molecule has 1 saturated heterocycles. The van der Waals surface area contributed by atoms with E-state index < -0.39 is 46.1 Å². The number of nitrogens with zero attached hydrogens (tertiary/aromatic N) is 3. The molecule has 2 fully saturated rings. The lowest BCUT2D eigenvalue weighted by molar-refractivity contribution is -0.140. The number of benzene rings is 2. The van der Waals surface area contributed by atoms with Gasteiger partial charge in [-0.1, -0.05) is 19.4 Å². The number of amides is 2. The standard InChI is InChI=1S/C24H20F5N3OS.C2H5NO.C2H4O.CH4O/c1-2-3-5-14-6-8-16(12-17(14)25)32-22(34)31(21(33)23(32)10-4-11-23)18-9-7-15(13-30)19(20(18)26)24(27,28)29;1-3-2-4;1-2-3;1-2/h6-9,12H,2-5,10-11H2,1H3;2H,1H3,(H,3,4);2H,1H3;2H,1H3. The molecule has 1 aliphatic heterocycles. The third-order valence-electron chi connectivity index (χ3n) is 6.57. The summed E-state index contributed by atoms with van der Waals surface area (Å²) >= 11 is 5.45. The van der Waals surface area contributed by atoms with Crippen molar-refractivity contribution >= 4 is 47.3 Å². The number of nitrogens with one attached hydrogen (secondary N) is 1. The highest BCUT2D eigenvalue weighted by molar-refractivity contribution is 7.81. The van der Waals surface area contributed by atoms with Gasteiger partial charge in [0.2, 0.25) is 6.41 Å². The molecule has 2 aromatic carbocycles. The Kier molecular flexibility index (Phi) is 14.3. The third kappa shape index (κ3) is 7.91. The van der Waals surface area contributed by atoms with Crippen LogP contribution in [0.4, 0.5) is 33.3 Å². The molecule has 43 heavy (non-hydrogen) atoms. The summed E-state index contributed by atoms with van der Waals surface area (Å²) in [7, 11) is 2.56. The monoisotopic (exact) mass is 628 g/mol. The van der Waals surface area contributed by atoms with E-state index in [1.54, 1.807) is 19.2 Å². The number of carbonyl (C=O) groups excluding carboxylic acids is 3. The number of aliphatic hydroxyl groups excluding tert-OH is 1. The van der Waals surface area contributed by atoms with Gasteiger partial charge in [0.25, 0.3) is 5.91 Å². The lowest BCUT2D eigenvalue weighted by Gasteiger charge is -2.43. The zero-order valence-electron chi connectivity index (χ0n) is 24.1. The summed E-state index contributed by atoms with van der Waals surface area (Å²) in [5.41, 5.74) is -3.76. The van der Waals surface area contributed by atoms with Crippen LogP contribution in [0.25, 0.3) is 0 Å². The number of hydrogen-bond acceptors (Lipinski definition) is 6. The van der Waals surface area contributed by atoms with Gasteiger partial charge in [0, 0.05) is 19.8 Å². The van der Waals surface area contributed by atoms with E-state index in [0.717, 1.165) is 43.3 Å². The molecule has 0 bridgehead atoms. The highest BCUT2D eigenvalue weighted by Gasteiger charge is 2.60. The van der Waals surface area contributed by atoms with Crippen molar-refractivity contribution in [1.82, 2.24) is 5.32 Å². The number of hydrogen-bond donors (Lipinski definition) is 2. The number of halogens is 5. The Morgan fingerprint density at radius 2 is 1.74 bits per heavy atom. The summed E-state index contributed by atoms with van der Waals surface area (Å²) in [6, 6.07) is 7.57. The Labute approximate surface area is 252 Å². The average molecular weight is 629 g/mol. The van der Waals surface area contributed by atoms with E-state index in [1.807, 2.05) is 6.92 Å². The number of thiocarbonyl (C=S) groups is 1. The van der Waals surface area contributed by atoms with Crippen LogP contribution in [0, 0.1) is 23.0 Å². The van der Waals surface area contributed by atoms with Crippen LogP contribution in [0.3, 0.4) is 0 Å². The second kappa shape index (κ2) is 16.6. The molecule has 14 heteroatoms. The van der Waals surface area contributed by atoms with Crippen molar-refractivity contribution < 1.29 is 41.4 Å². The number of aldehydes is 1. The number of aryl methyl sites for hydroxylation is 1. The zero-order valence-corrected chi connectivity index (χ0v) is 24.9. The number of rotatable bonds is 6. The maximum absolute atomic E-state index is 15.2. The van der Waals surface area contributed by atoms with Gasteiger partial charge in [0.1, 0.15) is 23.2 Å². The molecule has 1 aliphatic carbocycles. The summed E-state index contributed by atoms with van der Waals surface area (Å²) in [5, 5.41) is 18.0. The molecule has 2 N–H and O–H groups in total. The molecule has 0 radical (unpaired) electrons. The first kappa shape index (κ1) is 37.1. The molecular weight excluding hydrogens is 595 g/mol. The minimum atomic E-state index is -5.15. The van der Waals surface area contributed by atoms with Crippen molar-refractivity contribution in [2.75, 3.05) is 24.0 Å². The lowest BCUT2D eigenvalue weighted by atomic mass is 9.75. The number of nitriles is 1. The van der Waals surface area contributed by atoms with E-state index in [-0.39, 0.29) is 10.8 Å². The van der Waals surface area contributed by atoms with Gasteiger partial charge in [-0.05, 0) is 81.1 Å². The molecule has 1 spiro atoms. The average Bonchev–Trinajstić information content (AvgIpc) is 3.19. The fourth-order valence-electron chi connectivity index (χ4n) is 4.55. The second-order valence-corrected chi connectivity index (χ2v) is 9.46. The van der Waals surface area contributed by atoms with Crippen molar-refractivity contribution in [2.45, 2.75) is 64.1 Å². The SMILES string of the molecule is CC=O.CCCCc1ccc(N2C(=S)N(c3ccc(C#N)c(C(F)(F)F)c3F)C(=O)C23CCC3)cc1F.CNC=O.CO. The van der Waals surface area contributed by atoms with Gasteiger partial charge in [0.15, 0.2) is 10.9 Å². The van der Waals surface area contributed by atoms with Crippen LogP contribution in [-0.2, 0) is 27.0 Å². The first-order valence-electron chi connectivity index (χ1n) is 13.1. The van der Waals surface area contributed by atoms with Crippen LogP contribution in [0.5, 0.6) is 0 Å². The summed E-state index contributed by atoms with van der Waals surface area (Å²) in [6.07, 6.45) is -0.217. The quantitative estimate of drug-likeness (QED) is 0.249. The molecular formula is C29H33F5N4O4S. The van der Waals surface area contributed by atoms with E-state index in [4.69, 9.17) is 32.2 Å². The van der Waals surface area contributed by atoms with Crippen LogP contribution in [-0.4, -0.2) is 48.5 Å². The Hall–Kier alpha value is -3.96. The Morgan fingerprint density at radius 1 is 1.16 bits per heavy atom. The Bertz CT molecular complexity index is 1340. The lowest BCUT2D eigenvalue weighted by Crippen LogP contribution is -2.55. The Morgan fingerprint density at radius 3 is 2.16 bits per heavy atom. The van der Waals surface area contributed by atoms with Crippen molar-refractivity contribution in [1.29, 1.82) is 5.26 Å². The smallest absolute Gasteiger partial charge is 0.400 e. The van der Waals surface area contributed by atoms with Crippen LogP contribution in [0.15, 0.2) is 30.3 Å². The largest absolute Gasteiger partial charge is 0.420 e. The van der Waals surface area contributed by atoms with Crippen molar-refractivity contribution in [3.63, 3.8) is 0 Å². The van der Waals surface area contributed by atoms with E-state index in [9.17, 15) is 22.4 Å². The highest BCUT2D eigenvalue weighted by Crippen LogP contribution is 2.49. The summed E-state index contributed by atoms with van der Waals surface area (Å²) in [5.74, 6) is -2.89. The molecule has 0 aromatic heterocycles. The molecule has 2 aromatic rings. The molecule has 0 unspecified atom stereocenters. The molecule has 4 rings (SSSR count). The summed E-state index contributed by atoms with van der Waals surface area (Å²) in [4.78, 5) is 33.5. The molecule has 2 aliphatic rings. The van der Waals surface area contributed by atoms with Crippen LogP contribution < -0.4 is 15.1 Å². The van der Waals surface area contributed by atoms with Crippen molar-refractivity contribution in [3.05, 3.63) is 58.7 Å². The molecule has 1 heterocycles. The van der Waals surface area contributed by atoms with Crippen molar-refractivity contribution in [2.24, 2.45) is 0 Å². The Balaban J connectivity index is 0.000000916. The molecule has 0 atom stereocenters. The van der Waals surface area contributed by atoms with E-state index in [1.165, 1.54) is 24.0 Å². The normalized spacial score (nSPS) is 14.6. The number of aliphatic hydroxyl groups is 1. The predicted octanol–water partition coefficient (Wildman–Crippen LogP) is 5.43. The number of unbranched alkanes of at least 4 members (excludes halogenated alkanes) is 1. The van der Waals surface area contributed by atoms with Crippen molar-refractivity contribution in [3.8, 4) is 6.07 Å². The van der Waals surface area contributed by atoms with E-state index in [2.05, 4.69) is 5.32 Å². The summed E-state index contributed by atoms with van der Waals surface area (Å²) in [6.45, 7) is 3.43. The predicted molar refractivity (Wildman–Crippen MR) is 155 cm³/mol. The van der Waals surface area contributed by atoms with Gasteiger partial charge in [0.05, 0.1) is 17.3 Å². The fraction of sp³-hybridized carbons (Fsp3) is 0.414. The second-order valence-electron chi connectivity index (χ2n) is 9.10.